The SMILES string of the molecule is COc1ccc(C=O)cc1.Cc1ccc(N2CCN(c3ccc(N)cc3)CC2)cc1.[HH]. The van der Waals surface area contributed by atoms with E-state index in [1.54, 1.807) is 31.4 Å². The van der Waals surface area contributed by atoms with Gasteiger partial charge in [-0.2, -0.15) is 0 Å². The molecule has 0 bridgehead atoms. The quantitative estimate of drug-likeness (QED) is 0.505. The van der Waals surface area contributed by atoms with Crippen molar-refractivity contribution in [2.45, 2.75) is 6.92 Å². The number of carbonyl (C=O) groups is 1. The smallest absolute Gasteiger partial charge is 0.150 e. The molecule has 3 aromatic carbocycles. The van der Waals surface area contributed by atoms with E-state index in [9.17, 15) is 4.79 Å². The highest BCUT2D eigenvalue weighted by Gasteiger charge is 2.17. The maximum Gasteiger partial charge on any atom is 0.150 e. The van der Waals surface area contributed by atoms with Crippen molar-refractivity contribution in [2.75, 3.05) is 48.8 Å². The Morgan fingerprint density at radius 3 is 1.70 bits per heavy atom. The second-order valence-electron chi connectivity index (χ2n) is 7.29. The predicted octanol–water partition coefficient (Wildman–Crippen LogP) is 4.66. The molecule has 0 aliphatic carbocycles. The van der Waals surface area contributed by atoms with Gasteiger partial charge in [0.15, 0.2) is 0 Å². The summed E-state index contributed by atoms with van der Waals surface area (Å²) in [5.41, 5.74) is 11.1. The van der Waals surface area contributed by atoms with Crippen LogP contribution in [0.25, 0.3) is 0 Å². The molecule has 1 heterocycles. The van der Waals surface area contributed by atoms with E-state index in [-0.39, 0.29) is 1.43 Å². The number of carbonyl (C=O) groups excluding carboxylic acids is 1. The van der Waals surface area contributed by atoms with Crippen molar-refractivity contribution in [3.8, 4) is 5.75 Å². The standard InChI is InChI=1S/C17H21N3.C8H8O2.H2/c1-14-2-6-16(7-3-14)19-10-12-20(13-11-19)17-8-4-15(18)5-9-17;1-10-8-4-2-7(6-9)3-5-8;/h2-9H,10-13,18H2,1H3;2-6H,1H3;1H. The molecule has 0 aromatic heterocycles. The van der Waals surface area contributed by atoms with E-state index in [0.717, 1.165) is 43.9 Å². The van der Waals surface area contributed by atoms with Crippen LogP contribution in [0.4, 0.5) is 17.1 Å². The molecule has 5 heteroatoms. The monoisotopic (exact) mass is 405 g/mol. The predicted molar refractivity (Wildman–Crippen MR) is 127 cm³/mol. The summed E-state index contributed by atoms with van der Waals surface area (Å²) >= 11 is 0. The van der Waals surface area contributed by atoms with Crippen molar-refractivity contribution < 1.29 is 11.0 Å². The van der Waals surface area contributed by atoms with E-state index in [1.165, 1.54) is 16.9 Å². The molecular weight excluding hydrogens is 374 g/mol. The van der Waals surface area contributed by atoms with Gasteiger partial charge in [0.1, 0.15) is 12.0 Å². The van der Waals surface area contributed by atoms with Gasteiger partial charge in [-0.3, -0.25) is 4.79 Å². The van der Waals surface area contributed by atoms with Crippen molar-refractivity contribution in [3.63, 3.8) is 0 Å². The molecule has 0 spiro atoms. The average Bonchev–Trinajstić information content (AvgIpc) is 2.81. The molecule has 1 aliphatic heterocycles. The van der Waals surface area contributed by atoms with Gasteiger partial charge in [-0.15, -0.1) is 0 Å². The number of aryl methyl sites for hydroxylation is 1. The van der Waals surface area contributed by atoms with Crippen LogP contribution in [-0.4, -0.2) is 39.6 Å². The fraction of sp³-hybridized carbons (Fsp3) is 0.240. The lowest BCUT2D eigenvalue weighted by atomic mass is 10.2. The van der Waals surface area contributed by atoms with Crippen LogP contribution in [0.1, 0.15) is 17.3 Å². The molecular formula is C25H31N3O2. The highest BCUT2D eigenvalue weighted by Crippen LogP contribution is 2.21. The molecule has 3 aromatic rings. The zero-order valence-corrected chi connectivity index (χ0v) is 17.6. The minimum absolute atomic E-state index is 0. The first-order chi connectivity index (χ1) is 14.6. The van der Waals surface area contributed by atoms with Gasteiger partial charge < -0.3 is 20.3 Å². The molecule has 30 heavy (non-hydrogen) atoms. The number of hydrogen-bond acceptors (Lipinski definition) is 5. The van der Waals surface area contributed by atoms with E-state index in [0.29, 0.717) is 5.56 Å². The Morgan fingerprint density at radius 1 is 0.800 bits per heavy atom. The van der Waals surface area contributed by atoms with Crippen molar-refractivity contribution in [2.24, 2.45) is 0 Å². The molecule has 5 nitrogen and oxygen atoms in total. The van der Waals surface area contributed by atoms with Crippen LogP contribution in [0, 0.1) is 6.92 Å². The average molecular weight is 406 g/mol. The van der Waals surface area contributed by atoms with Crippen LogP contribution in [0.2, 0.25) is 0 Å². The highest BCUT2D eigenvalue weighted by atomic mass is 16.5. The highest BCUT2D eigenvalue weighted by molar-refractivity contribution is 5.74. The summed E-state index contributed by atoms with van der Waals surface area (Å²) in [7, 11) is 1.59. The zero-order valence-electron chi connectivity index (χ0n) is 17.6. The molecule has 4 rings (SSSR count). The van der Waals surface area contributed by atoms with Crippen LogP contribution in [0.5, 0.6) is 5.75 Å². The van der Waals surface area contributed by atoms with Gasteiger partial charge in [0, 0.05) is 50.2 Å². The summed E-state index contributed by atoms with van der Waals surface area (Å²) in [6.45, 7) is 6.36. The van der Waals surface area contributed by atoms with Crippen LogP contribution in [0.15, 0.2) is 72.8 Å². The van der Waals surface area contributed by atoms with Crippen LogP contribution in [0.3, 0.4) is 0 Å². The zero-order chi connectivity index (χ0) is 21.3. The molecule has 1 fully saturated rings. The topological polar surface area (TPSA) is 58.8 Å². The summed E-state index contributed by atoms with van der Waals surface area (Å²) in [5.74, 6) is 0.769. The van der Waals surface area contributed by atoms with Gasteiger partial charge in [0.05, 0.1) is 7.11 Å². The molecule has 0 unspecified atom stereocenters. The molecule has 0 radical (unpaired) electrons. The number of methoxy groups -OCH3 is 1. The van der Waals surface area contributed by atoms with Gasteiger partial charge in [0.25, 0.3) is 0 Å². The first-order valence-corrected chi connectivity index (χ1v) is 10.1. The first-order valence-electron chi connectivity index (χ1n) is 10.1. The Kier molecular flexibility index (Phi) is 7.33. The molecule has 1 aliphatic rings. The number of ether oxygens (including phenoxy) is 1. The maximum atomic E-state index is 10.2. The van der Waals surface area contributed by atoms with Crippen molar-refractivity contribution in [1.29, 1.82) is 0 Å². The number of rotatable bonds is 4. The van der Waals surface area contributed by atoms with Crippen molar-refractivity contribution in [3.05, 3.63) is 83.9 Å². The Morgan fingerprint density at radius 2 is 1.27 bits per heavy atom. The second kappa shape index (κ2) is 10.3. The Balaban J connectivity index is 0.000000264. The molecule has 0 saturated carbocycles. The van der Waals surface area contributed by atoms with E-state index >= 15 is 0 Å². The van der Waals surface area contributed by atoms with E-state index in [4.69, 9.17) is 10.5 Å². The van der Waals surface area contributed by atoms with Crippen LogP contribution < -0.4 is 20.3 Å². The van der Waals surface area contributed by atoms with Crippen molar-refractivity contribution >= 4 is 23.3 Å². The molecule has 0 amide bonds. The first kappa shape index (κ1) is 21.2. The summed E-state index contributed by atoms with van der Waals surface area (Å²) in [6, 6.07) is 23.9. The summed E-state index contributed by atoms with van der Waals surface area (Å²) in [5, 5.41) is 0. The van der Waals surface area contributed by atoms with Gasteiger partial charge in [0.2, 0.25) is 0 Å². The Bertz CT molecular complexity index is 867. The summed E-state index contributed by atoms with van der Waals surface area (Å²) < 4.78 is 4.90. The number of hydrogen-bond donors (Lipinski definition) is 1. The molecule has 2 N–H and O–H groups in total. The third kappa shape index (κ3) is 5.77. The van der Waals surface area contributed by atoms with Gasteiger partial charge in [-0.1, -0.05) is 17.7 Å². The van der Waals surface area contributed by atoms with E-state index < -0.39 is 0 Å². The fourth-order valence-corrected chi connectivity index (χ4v) is 3.35. The maximum absolute atomic E-state index is 10.2. The Hall–Kier alpha value is -3.47. The second-order valence-corrected chi connectivity index (χ2v) is 7.29. The molecule has 158 valence electrons. The number of nitrogen functional groups attached to an aromatic ring is 1. The number of piperazine rings is 1. The minimum atomic E-state index is 0. The summed E-state index contributed by atoms with van der Waals surface area (Å²) in [4.78, 5) is 15.0. The third-order valence-corrected chi connectivity index (χ3v) is 5.19. The summed E-state index contributed by atoms with van der Waals surface area (Å²) in [6.07, 6.45) is 0.805. The van der Waals surface area contributed by atoms with E-state index in [1.807, 2.05) is 12.1 Å². The largest absolute Gasteiger partial charge is 0.497 e. The number of nitrogens with two attached hydrogens (primary N) is 1. The third-order valence-electron chi connectivity index (χ3n) is 5.19. The van der Waals surface area contributed by atoms with Crippen LogP contribution >= 0.6 is 0 Å². The minimum Gasteiger partial charge on any atom is -0.497 e. The fourth-order valence-electron chi connectivity index (χ4n) is 3.35. The van der Waals surface area contributed by atoms with Crippen molar-refractivity contribution in [1.82, 2.24) is 0 Å². The molecule has 1 saturated heterocycles. The number of nitrogens with zero attached hydrogens (tertiary/aromatic N) is 2. The lowest BCUT2D eigenvalue weighted by molar-refractivity contribution is 0.112. The van der Waals surface area contributed by atoms with Gasteiger partial charge >= 0.3 is 0 Å². The van der Waals surface area contributed by atoms with Gasteiger partial charge in [-0.25, -0.2) is 0 Å². The van der Waals surface area contributed by atoms with Gasteiger partial charge in [-0.05, 0) is 67.6 Å². The van der Waals surface area contributed by atoms with E-state index in [2.05, 4.69) is 53.1 Å². The van der Waals surface area contributed by atoms with Crippen LogP contribution in [-0.2, 0) is 0 Å². The Labute approximate surface area is 180 Å². The lowest BCUT2D eigenvalue weighted by Crippen LogP contribution is -2.46. The number of anilines is 3. The lowest BCUT2D eigenvalue weighted by Gasteiger charge is -2.37. The number of benzene rings is 3. The normalized spacial score (nSPS) is 13.3. The number of aldehydes is 1. The molecule has 0 atom stereocenters.